The molecule has 0 amide bonds. The molecule has 0 aliphatic rings. The Morgan fingerprint density at radius 2 is 0.805 bits per heavy atom. The van der Waals surface area contributed by atoms with Gasteiger partial charge in [0.25, 0.3) is 0 Å². The zero-order valence-corrected chi connectivity index (χ0v) is 26.7. The summed E-state index contributed by atoms with van der Waals surface area (Å²) < 4.78 is 16.8. The summed E-state index contributed by atoms with van der Waals surface area (Å²) in [5, 5.41) is 0. The molecule has 0 saturated heterocycles. The molecule has 1 aromatic carbocycles. The monoisotopic (exact) mass is 574 g/mol. The van der Waals surface area contributed by atoms with Gasteiger partial charge in [-0.15, -0.1) is 0 Å². The number of ether oxygens (including phenoxy) is 3. The molecule has 0 saturated carbocycles. The Labute approximate surface area is 250 Å². The fourth-order valence-corrected chi connectivity index (χ4v) is 4.98. The highest BCUT2D eigenvalue weighted by atomic mass is 16.5. The Morgan fingerprint density at radius 3 is 1.22 bits per heavy atom. The number of hydrogen-bond donors (Lipinski definition) is 0. The van der Waals surface area contributed by atoms with Gasteiger partial charge < -0.3 is 14.2 Å². The standard InChI is InChI=1S/C35H58O6/c1-5-9-12-15-18-21-26-39-33(36)30-24-25-31(34(37)40-27-22-19-16-13-10-6-2)32(29(30)8-4)35(38)41-28-23-20-17-14-11-7-3/h24-25H,5-23,26-28H2,1-4H3. The second-order valence-electron chi connectivity index (χ2n) is 11.1. The summed E-state index contributed by atoms with van der Waals surface area (Å²) in [6, 6.07) is 3.11. The highest BCUT2D eigenvalue weighted by molar-refractivity contribution is 6.07. The zero-order valence-electron chi connectivity index (χ0n) is 26.7. The van der Waals surface area contributed by atoms with E-state index in [1.54, 1.807) is 6.07 Å². The van der Waals surface area contributed by atoms with Gasteiger partial charge in [0.2, 0.25) is 0 Å². The minimum absolute atomic E-state index is 0.139. The van der Waals surface area contributed by atoms with Crippen LogP contribution in [0.15, 0.2) is 12.1 Å². The number of unbranched alkanes of at least 4 members (excludes halogenated alkanes) is 15. The maximum Gasteiger partial charge on any atom is 0.339 e. The van der Waals surface area contributed by atoms with Crippen molar-refractivity contribution in [2.75, 3.05) is 19.8 Å². The second-order valence-corrected chi connectivity index (χ2v) is 11.1. The quantitative estimate of drug-likeness (QED) is 0.0657. The van der Waals surface area contributed by atoms with Crippen LogP contribution >= 0.6 is 0 Å². The largest absolute Gasteiger partial charge is 0.462 e. The third kappa shape index (κ3) is 15.4. The highest BCUT2D eigenvalue weighted by Crippen LogP contribution is 2.24. The molecule has 0 radical (unpaired) electrons. The van der Waals surface area contributed by atoms with Crippen LogP contribution in [0.2, 0.25) is 0 Å². The van der Waals surface area contributed by atoms with E-state index in [-0.39, 0.29) is 17.7 Å². The van der Waals surface area contributed by atoms with Crippen LogP contribution in [0, 0.1) is 0 Å². The van der Waals surface area contributed by atoms with Crippen LogP contribution in [-0.4, -0.2) is 37.7 Å². The molecule has 0 bridgehead atoms. The molecular formula is C35H58O6. The van der Waals surface area contributed by atoms with Crippen molar-refractivity contribution in [3.8, 4) is 0 Å². The summed E-state index contributed by atoms with van der Waals surface area (Å²) in [6.07, 6.45) is 20.0. The highest BCUT2D eigenvalue weighted by Gasteiger charge is 2.27. The van der Waals surface area contributed by atoms with Crippen molar-refractivity contribution in [2.24, 2.45) is 0 Å². The molecule has 6 heteroatoms. The lowest BCUT2D eigenvalue weighted by atomic mass is 9.94. The minimum atomic E-state index is -0.576. The van der Waals surface area contributed by atoms with E-state index in [2.05, 4.69) is 20.8 Å². The first kappa shape index (κ1) is 36.7. The van der Waals surface area contributed by atoms with Crippen molar-refractivity contribution in [1.82, 2.24) is 0 Å². The van der Waals surface area contributed by atoms with Crippen LogP contribution in [0.4, 0.5) is 0 Å². The van der Waals surface area contributed by atoms with E-state index in [1.807, 2.05) is 6.92 Å². The van der Waals surface area contributed by atoms with Gasteiger partial charge in [0.1, 0.15) is 0 Å². The molecule has 41 heavy (non-hydrogen) atoms. The molecule has 234 valence electrons. The van der Waals surface area contributed by atoms with E-state index in [1.165, 1.54) is 63.9 Å². The normalized spacial score (nSPS) is 10.9. The van der Waals surface area contributed by atoms with Crippen molar-refractivity contribution >= 4 is 17.9 Å². The maximum atomic E-state index is 13.3. The van der Waals surface area contributed by atoms with E-state index < -0.39 is 17.9 Å². The Hall–Kier alpha value is -2.37. The molecule has 1 rings (SSSR count). The lowest BCUT2D eigenvalue weighted by Crippen LogP contribution is -2.20. The van der Waals surface area contributed by atoms with Gasteiger partial charge in [0, 0.05) is 0 Å². The summed E-state index contributed by atoms with van der Waals surface area (Å²) >= 11 is 0. The molecular weight excluding hydrogens is 516 g/mol. The molecule has 0 heterocycles. The van der Waals surface area contributed by atoms with Crippen molar-refractivity contribution < 1.29 is 28.6 Å². The second kappa shape index (κ2) is 24.2. The SMILES string of the molecule is CCCCCCCCOC(=O)c1ccc(C(=O)OCCCCCCCC)c(C(=O)OCCCCCCCC)c1CC. The molecule has 6 nitrogen and oxygen atoms in total. The van der Waals surface area contributed by atoms with Gasteiger partial charge in [-0.2, -0.15) is 0 Å². The Bertz CT molecular complexity index is 862. The first-order valence-corrected chi connectivity index (χ1v) is 16.7. The van der Waals surface area contributed by atoms with Crippen LogP contribution in [0.3, 0.4) is 0 Å². The molecule has 0 atom stereocenters. The Balaban J connectivity index is 2.93. The van der Waals surface area contributed by atoms with Crippen LogP contribution in [-0.2, 0) is 20.6 Å². The maximum absolute atomic E-state index is 13.3. The predicted octanol–water partition coefficient (Wildman–Crippen LogP) is 9.80. The molecule has 0 aromatic heterocycles. The van der Waals surface area contributed by atoms with Crippen molar-refractivity contribution in [1.29, 1.82) is 0 Å². The third-order valence-electron chi connectivity index (χ3n) is 7.50. The number of esters is 3. The third-order valence-corrected chi connectivity index (χ3v) is 7.50. The van der Waals surface area contributed by atoms with Gasteiger partial charge in [-0.05, 0) is 43.4 Å². The van der Waals surface area contributed by atoms with Crippen molar-refractivity contribution in [3.63, 3.8) is 0 Å². The van der Waals surface area contributed by atoms with E-state index in [9.17, 15) is 14.4 Å². The van der Waals surface area contributed by atoms with Crippen molar-refractivity contribution in [3.05, 3.63) is 34.4 Å². The molecule has 0 N–H and O–H groups in total. The summed E-state index contributed by atoms with van der Waals surface area (Å²) in [5.41, 5.74) is 1.10. The Kier molecular flexibility index (Phi) is 21.7. The van der Waals surface area contributed by atoms with Gasteiger partial charge in [-0.25, -0.2) is 14.4 Å². The van der Waals surface area contributed by atoms with E-state index >= 15 is 0 Å². The van der Waals surface area contributed by atoms with Gasteiger partial charge in [0.15, 0.2) is 0 Å². The minimum Gasteiger partial charge on any atom is -0.462 e. The van der Waals surface area contributed by atoms with E-state index in [0.717, 1.165) is 57.8 Å². The van der Waals surface area contributed by atoms with Crippen LogP contribution < -0.4 is 0 Å². The molecule has 0 aliphatic heterocycles. The first-order chi connectivity index (χ1) is 20.0. The average Bonchev–Trinajstić information content (AvgIpc) is 2.98. The smallest absolute Gasteiger partial charge is 0.339 e. The summed E-state index contributed by atoms with van der Waals surface area (Å²) in [4.78, 5) is 39.5. The lowest BCUT2D eigenvalue weighted by Gasteiger charge is -2.17. The lowest BCUT2D eigenvalue weighted by molar-refractivity contribution is 0.0446. The topological polar surface area (TPSA) is 78.9 Å². The van der Waals surface area contributed by atoms with Gasteiger partial charge >= 0.3 is 17.9 Å². The summed E-state index contributed by atoms with van der Waals surface area (Å²) in [6.45, 7) is 9.36. The van der Waals surface area contributed by atoms with Crippen LogP contribution in [0.5, 0.6) is 0 Å². The predicted molar refractivity (Wildman–Crippen MR) is 167 cm³/mol. The zero-order chi connectivity index (χ0) is 30.1. The summed E-state index contributed by atoms with van der Waals surface area (Å²) in [5.74, 6) is -1.59. The molecule has 0 unspecified atom stereocenters. The molecule has 0 spiro atoms. The number of benzene rings is 1. The molecule has 0 aliphatic carbocycles. The van der Waals surface area contributed by atoms with Crippen molar-refractivity contribution in [2.45, 2.75) is 150 Å². The number of rotatable bonds is 25. The van der Waals surface area contributed by atoms with Gasteiger partial charge in [-0.1, -0.05) is 124 Å². The van der Waals surface area contributed by atoms with Gasteiger partial charge in [-0.3, -0.25) is 0 Å². The number of carbonyl (C=O) groups excluding carboxylic acids is 3. The number of carbonyl (C=O) groups is 3. The van der Waals surface area contributed by atoms with E-state index in [0.29, 0.717) is 30.8 Å². The van der Waals surface area contributed by atoms with Gasteiger partial charge in [0.05, 0.1) is 36.5 Å². The first-order valence-electron chi connectivity index (χ1n) is 16.7. The fourth-order valence-electron chi connectivity index (χ4n) is 4.98. The molecule has 1 aromatic rings. The summed E-state index contributed by atoms with van der Waals surface area (Å²) in [7, 11) is 0. The fraction of sp³-hybridized carbons (Fsp3) is 0.743. The Morgan fingerprint density at radius 1 is 0.463 bits per heavy atom. The van der Waals surface area contributed by atoms with Crippen LogP contribution in [0.25, 0.3) is 0 Å². The molecule has 0 fully saturated rings. The average molecular weight is 575 g/mol. The number of hydrogen-bond acceptors (Lipinski definition) is 6. The van der Waals surface area contributed by atoms with Crippen LogP contribution in [0.1, 0.15) is 180 Å². The van der Waals surface area contributed by atoms with E-state index in [4.69, 9.17) is 14.2 Å².